The van der Waals surface area contributed by atoms with Gasteiger partial charge < -0.3 is 10.6 Å². The lowest BCUT2D eigenvalue weighted by Gasteiger charge is -2.25. The molecule has 0 saturated heterocycles. The fourth-order valence-corrected chi connectivity index (χ4v) is 4.31. The SMILES string of the molecule is Cc1ccc(N)cc1C(=O)N1CC2(CCCC2)c2ccccc21.Cl. The topological polar surface area (TPSA) is 46.3 Å². The number of rotatable bonds is 1. The highest BCUT2D eigenvalue weighted by atomic mass is 35.5. The second-order valence-electron chi connectivity index (χ2n) is 6.97. The standard InChI is InChI=1S/C20H22N2O.ClH/c1-14-8-9-15(21)12-16(14)19(23)22-13-20(10-4-5-11-20)17-6-2-3-7-18(17)22;/h2-3,6-9,12H,4-5,10-11,13,21H2,1H3;1H. The predicted octanol–water partition coefficient (Wildman–Crippen LogP) is 4.47. The maximum Gasteiger partial charge on any atom is 0.258 e. The normalized spacial score (nSPS) is 17.6. The van der Waals surface area contributed by atoms with Gasteiger partial charge in [-0.05, 0) is 49.1 Å². The monoisotopic (exact) mass is 342 g/mol. The molecule has 1 amide bonds. The molecule has 1 aliphatic heterocycles. The largest absolute Gasteiger partial charge is 0.399 e. The molecule has 1 saturated carbocycles. The van der Waals surface area contributed by atoms with Gasteiger partial charge in [0.2, 0.25) is 0 Å². The van der Waals surface area contributed by atoms with Crippen LogP contribution in [0.3, 0.4) is 0 Å². The van der Waals surface area contributed by atoms with Crippen LogP contribution in [0.15, 0.2) is 42.5 Å². The number of para-hydroxylation sites is 1. The lowest BCUT2D eigenvalue weighted by Crippen LogP contribution is -2.35. The number of hydrogen-bond donors (Lipinski definition) is 1. The van der Waals surface area contributed by atoms with E-state index in [0.717, 1.165) is 23.4 Å². The van der Waals surface area contributed by atoms with Gasteiger partial charge >= 0.3 is 0 Å². The summed E-state index contributed by atoms with van der Waals surface area (Å²) in [7, 11) is 0. The molecule has 0 atom stereocenters. The van der Waals surface area contributed by atoms with E-state index in [1.165, 1.54) is 31.2 Å². The molecule has 24 heavy (non-hydrogen) atoms. The third kappa shape index (κ3) is 2.48. The molecule has 1 spiro atoms. The van der Waals surface area contributed by atoms with Crippen molar-refractivity contribution in [2.45, 2.75) is 38.0 Å². The van der Waals surface area contributed by atoms with Crippen molar-refractivity contribution in [3.63, 3.8) is 0 Å². The number of nitrogen functional groups attached to an aromatic ring is 1. The zero-order chi connectivity index (χ0) is 16.0. The highest BCUT2D eigenvalue weighted by Gasteiger charge is 2.46. The van der Waals surface area contributed by atoms with Crippen LogP contribution in [0.5, 0.6) is 0 Å². The van der Waals surface area contributed by atoms with Gasteiger partial charge in [-0.1, -0.05) is 37.1 Å². The maximum atomic E-state index is 13.2. The Balaban J connectivity index is 0.00000169. The molecule has 2 aromatic carbocycles. The molecule has 0 radical (unpaired) electrons. The third-order valence-electron chi connectivity index (χ3n) is 5.52. The van der Waals surface area contributed by atoms with Gasteiger partial charge in [0, 0.05) is 28.9 Å². The van der Waals surface area contributed by atoms with Crippen molar-refractivity contribution in [3.8, 4) is 0 Å². The molecule has 4 rings (SSSR count). The van der Waals surface area contributed by atoms with Crippen LogP contribution in [-0.2, 0) is 5.41 Å². The number of nitrogens with two attached hydrogens (primary N) is 1. The number of amides is 1. The Morgan fingerprint density at radius 1 is 1.12 bits per heavy atom. The summed E-state index contributed by atoms with van der Waals surface area (Å²) in [5.41, 5.74) is 10.8. The lowest BCUT2D eigenvalue weighted by molar-refractivity contribution is 0.0984. The average molecular weight is 343 g/mol. The van der Waals surface area contributed by atoms with Crippen LogP contribution in [0.25, 0.3) is 0 Å². The number of aryl methyl sites for hydroxylation is 1. The molecule has 4 heteroatoms. The molecule has 0 aromatic heterocycles. The van der Waals surface area contributed by atoms with E-state index in [1.807, 2.05) is 30.0 Å². The van der Waals surface area contributed by atoms with Crippen molar-refractivity contribution in [2.75, 3.05) is 17.2 Å². The summed E-state index contributed by atoms with van der Waals surface area (Å²) < 4.78 is 0. The quantitative estimate of drug-likeness (QED) is 0.777. The summed E-state index contributed by atoms with van der Waals surface area (Å²) >= 11 is 0. The number of hydrogen-bond acceptors (Lipinski definition) is 2. The first-order valence-electron chi connectivity index (χ1n) is 8.38. The average Bonchev–Trinajstić information content (AvgIpc) is 3.16. The molecule has 2 aliphatic rings. The lowest BCUT2D eigenvalue weighted by atomic mass is 9.81. The predicted molar refractivity (Wildman–Crippen MR) is 101 cm³/mol. The highest BCUT2D eigenvalue weighted by molar-refractivity contribution is 6.09. The van der Waals surface area contributed by atoms with Gasteiger partial charge in [-0.2, -0.15) is 0 Å². The first-order chi connectivity index (χ1) is 11.1. The Hall–Kier alpha value is -2.00. The van der Waals surface area contributed by atoms with Crippen LogP contribution in [0.1, 0.15) is 47.2 Å². The molecule has 2 N–H and O–H groups in total. The molecule has 1 fully saturated rings. The maximum absolute atomic E-state index is 13.2. The van der Waals surface area contributed by atoms with Gasteiger partial charge in [0.15, 0.2) is 0 Å². The fourth-order valence-electron chi connectivity index (χ4n) is 4.31. The van der Waals surface area contributed by atoms with Crippen molar-refractivity contribution in [1.82, 2.24) is 0 Å². The van der Waals surface area contributed by atoms with Gasteiger partial charge in [0.05, 0.1) is 0 Å². The van der Waals surface area contributed by atoms with Crippen molar-refractivity contribution >= 4 is 29.7 Å². The Morgan fingerprint density at radius 2 is 1.83 bits per heavy atom. The first kappa shape index (κ1) is 16.8. The summed E-state index contributed by atoms with van der Waals surface area (Å²) in [6.07, 6.45) is 4.88. The van der Waals surface area contributed by atoms with Crippen molar-refractivity contribution < 1.29 is 4.79 Å². The molecule has 0 unspecified atom stereocenters. The Morgan fingerprint density at radius 3 is 2.58 bits per heavy atom. The summed E-state index contributed by atoms with van der Waals surface area (Å²) in [6, 6.07) is 14.0. The van der Waals surface area contributed by atoms with E-state index in [4.69, 9.17) is 5.73 Å². The Kier molecular flexibility index (Phi) is 4.31. The minimum atomic E-state index is 0. The van der Waals surface area contributed by atoms with Gasteiger partial charge in [0.1, 0.15) is 0 Å². The second kappa shape index (κ2) is 6.14. The number of nitrogens with zero attached hydrogens (tertiary/aromatic N) is 1. The van der Waals surface area contributed by atoms with Gasteiger partial charge in [-0.15, -0.1) is 12.4 Å². The minimum absolute atomic E-state index is 0. The number of halogens is 1. The Labute approximate surface area is 149 Å². The second-order valence-corrected chi connectivity index (χ2v) is 6.97. The zero-order valence-electron chi connectivity index (χ0n) is 13.9. The number of carbonyl (C=O) groups excluding carboxylic acids is 1. The number of benzene rings is 2. The van der Waals surface area contributed by atoms with Crippen LogP contribution >= 0.6 is 12.4 Å². The van der Waals surface area contributed by atoms with Gasteiger partial charge in [-0.3, -0.25) is 4.79 Å². The highest BCUT2D eigenvalue weighted by Crippen LogP contribution is 2.50. The van der Waals surface area contributed by atoms with Gasteiger partial charge in [0.25, 0.3) is 5.91 Å². The molecule has 1 aliphatic carbocycles. The smallest absolute Gasteiger partial charge is 0.258 e. The van der Waals surface area contributed by atoms with E-state index < -0.39 is 0 Å². The van der Waals surface area contributed by atoms with Crippen LogP contribution in [-0.4, -0.2) is 12.5 Å². The van der Waals surface area contributed by atoms with E-state index in [-0.39, 0.29) is 23.7 Å². The fraction of sp³-hybridized carbons (Fsp3) is 0.350. The van der Waals surface area contributed by atoms with E-state index in [2.05, 4.69) is 18.2 Å². The minimum Gasteiger partial charge on any atom is -0.399 e. The summed E-state index contributed by atoms with van der Waals surface area (Å²) in [6.45, 7) is 2.78. The molecular formula is C20H23ClN2O. The molecule has 1 heterocycles. The summed E-state index contributed by atoms with van der Waals surface area (Å²) in [4.78, 5) is 15.2. The number of carbonyl (C=O) groups is 1. The third-order valence-corrected chi connectivity index (χ3v) is 5.52. The number of anilines is 2. The van der Waals surface area contributed by atoms with E-state index in [1.54, 1.807) is 6.07 Å². The van der Waals surface area contributed by atoms with E-state index in [0.29, 0.717) is 5.69 Å². The summed E-state index contributed by atoms with van der Waals surface area (Å²) in [5.74, 6) is 0.0750. The van der Waals surface area contributed by atoms with Crippen molar-refractivity contribution in [3.05, 3.63) is 59.2 Å². The Bertz CT molecular complexity index is 781. The van der Waals surface area contributed by atoms with Crippen molar-refractivity contribution in [2.24, 2.45) is 0 Å². The summed E-state index contributed by atoms with van der Waals surface area (Å²) in [5, 5.41) is 0. The molecule has 2 aromatic rings. The number of fused-ring (bicyclic) bond motifs is 2. The van der Waals surface area contributed by atoms with E-state index >= 15 is 0 Å². The first-order valence-corrected chi connectivity index (χ1v) is 8.38. The van der Waals surface area contributed by atoms with Crippen LogP contribution in [0.4, 0.5) is 11.4 Å². The van der Waals surface area contributed by atoms with Crippen LogP contribution in [0.2, 0.25) is 0 Å². The molecule has 126 valence electrons. The van der Waals surface area contributed by atoms with Gasteiger partial charge in [-0.25, -0.2) is 0 Å². The molecule has 0 bridgehead atoms. The van der Waals surface area contributed by atoms with Crippen LogP contribution < -0.4 is 10.6 Å². The van der Waals surface area contributed by atoms with Crippen LogP contribution in [0, 0.1) is 6.92 Å². The van der Waals surface area contributed by atoms with E-state index in [9.17, 15) is 4.79 Å². The zero-order valence-corrected chi connectivity index (χ0v) is 14.7. The molecular weight excluding hydrogens is 320 g/mol. The molecule has 3 nitrogen and oxygen atoms in total. The van der Waals surface area contributed by atoms with Crippen molar-refractivity contribution in [1.29, 1.82) is 0 Å².